The van der Waals surface area contributed by atoms with Crippen LogP contribution < -0.4 is 0 Å². The van der Waals surface area contributed by atoms with Gasteiger partial charge in [0.2, 0.25) is 5.91 Å². The van der Waals surface area contributed by atoms with Crippen LogP contribution in [0.5, 0.6) is 0 Å². The normalized spacial score (nSPS) is 32.2. The summed E-state index contributed by atoms with van der Waals surface area (Å²) in [5.74, 6) is 0.119. The number of carbonyl (C=O) groups is 2. The number of rotatable bonds is 3. The van der Waals surface area contributed by atoms with E-state index in [1.807, 2.05) is 18.2 Å². The van der Waals surface area contributed by atoms with Crippen LogP contribution in [0, 0.1) is 5.41 Å². The second kappa shape index (κ2) is 7.18. The lowest BCUT2D eigenvalue weighted by atomic mass is 9.64. The summed E-state index contributed by atoms with van der Waals surface area (Å²) in [5, 5.41) is 0. The maximum Gasteiger partial charge on any atom is 0.257 e. The highest BCUT2D eigenvalue weighted by molar-refractivity contribution is 5.94. The molecule has 2 saturated heterocycles. The van der Waals surface area contributed by atoms with Crippen LogP contribution in [-0.2, 0) is 11.2 Å². The Morgan fingerprint density at radius 1 is 1.07 bits per heavy atom. The molecule has 6 nitrogen and oxygen atoms in total. The van der Waals surface area contributed by atoms with Gasteiger partial charge in [0.15, 0.2) is 0 Å². The van der Waals surface area contributed by atoms with Crippen LogP contribution in [0.3, 0.4) is 0 Å². The highest BCUT2D eigenvalue weighted by Gasteiger charge is 2.64. The minimum absolute atomic E-state index is 0.00145. The van der Waals surface area contributed by atoms with E-state index in [9.17, 15) is 9.59 Å². The molecule has 0 radical (unpaired) electrons. The van der Waals surface area contributed by atoms with E-state index in [-0.39, 0.29) is 41.4 Å². The molecular formula is C24H28N4O2. The van der Waals surface area contributed by atoms with Crippen molar-refractivity contribution in [3.63, 3.8) is 0 Å². The van der Waals surface area contributed by atoms with Crippen molar-refractivity contribution in [1.29, 1.82) is 0 Å². The van der Waals surface area contributed by atoms with Gasteiger partial charge in [0.05, 0.1) is 17.6 Å². The lowest BCUT2D eigenvalue weighted by Crippen LogP contribution is -2.62. The maximum atomic E-state index is 13.6. The van der Waals surface area contributed by atoms with Gasteiger partial charge in [-0.05, 0) is 37.7 Å². The highest BCUT2D eigenvalue weighted by Crippen LogP contribution is 2.56. The predicted molar refractivity (Wildman–Crippen MR) is 113 cm³/mol. The Hall–Kier alpha value is -2.76. The van der Waals surface area contributed by atoms with Crippen LogP contribution in [0.15, 0.2) is 49.1 Å². The molecule has 1 saturated carbocycles. The third kappa shape index (κ3) is 2.84. The molecule has 0 N–H and O–H groups in total. The zero-order valence-electron chi connectivity index (χ0n) is 17.6. The van der Waals surface area contributed by atoms with Crippen molar-refractivity contribution >= 4 is 11.8 Å². The number of hydrogen-bond acceptors (Lipinski definition) is 4. The zero-order valence-corrected chi connectivity index (χ0v) is 17.6. The first kappa shape index (κ1) is 19.2. The molecule has 6 heteroatoms. The Labute approximate surface area is 177 Å². The van der Waals surface area contributed by atoms with Crippen molar-refractivity contribution in [1.82, 2.24) is 19.8 Å². The third-order valence-corrected chi connectivity index (χ3v) is 7.65. The topological polar surface area (TPSA) is 66.4 Å². The van der Waals surface area contributed by atoms with Crippen LogP contribution in [-0.4, -0.2) is 55.7 Å². The van der Waals surface area contributed by atoms with Gasteiger partial charge in [-0.2, -0.15) is 0 Å². The lowest BCUT2D eigenvalue weighted by molar-refractivity contribution is -0.142. The van der Waals surface area contributed by atoms with E-state index < -0.39 is 0 Å². The minimum Gasteiger partial charge on any atom is -0.334 e. The number of carbonyl (C=O) groups excluding carboxylic acids is 2. The lowest BCUT2D eigenvalue weighted by Gasteiger charge is -2.52. The fraction of sp³-hybridized carbons (Fsp3) is 0.500. The average Bonchev–Trinajstić information content (AvgIpc) is 3.07. The number of nitrogens with zero attached hydrogens (tertiary/aromatic N) is 4. The molecule has 2 bridgehead atoms. The van der Waals surface area contributed by atoms with Gasteiger partial charge in [-0.1, -0.05) is 37.3 Å². The van der Waals surface area contributed by atoms with Crippen LogP contribution in [0.25, 0.3) is 0 Å². The first-order chi connectivity index (χ1) is 14.5. The summed E-state index contributed by atoms with van der Waals surface area (Å²) in [6.07, 6.45) is 9.42. The van der Waals surface area contributed by atoms with E-state index in [0.29, 0.717) is 5.56 Å². The van der Waals surface area contributed by atoms with Crippen molar-refractivity contribution in [2.45, 2.75) is 70.1 Å². The summed E-state index contributed by atoms with van der Waals surface area (Å²) in [6.45, 7) is 3.98. The fourth-order valence-corrected chi connectivity index (χ4v) is 6.48. The molecule has 1 aromatic carbocycles. The second-order valence-electron chi connectivity index (χ2n) is 9.26. The molecular weight excluding hydrogens is 376 g/mol. The average molecular weight is 405 g/mol. The molecule has 5 rings (SSSR count). The molecule has 2 aromatic rings. The molecule has 5 atom stereocenters. The van der Waals surface area contributed by atoms with Gasteiger partial charge in [-0.15, -0.1) is 0 Å². The van der Waals surface area contributed by atoms with E-state index in [0.717, 1.165) is 32.1 Å². The summed E-state index contributed by atoms with van der Waals surface area (Å²) in [7, 11) is 0. The number of piperidine rings is 1. The van der Waals surface area contributed by atoms with Gasteiger partial charge >= 0.3 is 0 Å². The molecule has 1 aromatic heterocycles. The molecule has 3 fully saturated rings. The van der Waals surface area contributed by atoms with Crippen molar-refractivity contribution < 1.29 is 9.59 Å². The number of hydrogen-bond donors (Lipinski definition) is 0. The Bertz CT molecular complexity index is 950. The summed E-state index contributed by atoms with van der Waals surface area (Å²) in [5.41, 5.74) is 1.67. The van der Waals surface area contributed by atoms with Gasteiger partial charge < -0.3 is 9.80 Å². The Kier molecular flexibility index (Phi) is 4.60. The maximum absolute atomic E-state index is 13.6. The number of fused-ring (bicyclic) bond motifs is 1. The quantitative estimate of drug-likeness (QED) is 0.789. The Morgan fingerprint density at radius 3 is 2.40 bits per heavy atom. The first-order valence-corrected chi connectivity index (χ1v) is 10.9. The number of benzene rings is 1. The van der Waals surface area contributed by atoms with Crippen LogP contribution in [0.1, 0.15) is 55.5 Å². The van der Waals surface area contributed by atoms with Gasteiger partial charge in [0.25, 0.3) is 5.91 Å². The summed E-state index contributed by atoms with van der Waals surface area (Å²) in [6, 6.07) is 10.6. The molecule has 156 valence electrons. The zero-order chi connectivity index (χ0) is 20.9. The first-order valence-electron chi connectivity index (χ1n) is 10.9. The van der Waals surface area contributed by atoms with Crippen molar-refractivity contribution in [3.05, 3.63) is 60.2 Å². The van der Waals surface area contributed by atoms with Crippen LogP contribution in [0.4, 0.5) is 0 Å². The van der Waals surface area contributed by atoms with E-state index in [4.69, 9.17) is 0 Å². The van der Waals surface area contributed by atoms with Gasteiger partial charge in [-0.25, -0.2) is 9.97 Å². The molecule has 0 unspecified atom stereocenters. The predicted octanol–water partition coefficient (Wildman–Crippen LogP) is 3.09. The second-order valence-corrected chi connectivity index (χ2v) is 9.26. The largest absolute Gasteiger partial charge is 0.334 e. The molecule has 3 aliphatic rings. The standard InChI is InChI=1S/C24H28N4O2/c1-16(29)27-19(11-17-7-4-3-5-8-17)20-12-24(2)21(27)9-6-10-22(24)28(20)23(30)18-13-25-15-26-14-18/h3-5,7-8,13-15,19-22H,6,9-12H2,1-2H3/t19-,20+,21-,22+,24-/m1/s1. The van der Waals surface area contributed by atoms with Crippen molar-refractivity contribution in [2.75, 3.05) is 0 Å². The van der Waals surface area contributed by atoms with Crippen molar-refractivity contribution in [2.24, 2.45) is 5.41 Å². The number of aromatic nitrogens is 2. The summed E-state index contributed by atoms with van der Waals surface area (Å²) >= 11 is 0. The highest BCUT2D eigenvalue weighted by atomic mass is 16.2. The van der Waals surface area contributed by atoms with E-state index >= 15 is 0 Å². The molecule has 2 aliphatic heterocycles. The van der Waals surface area contributed by atoms with Gasteiger partial charge in [0, 0.05) is 36.8 Å². The molecule has 1 aliphatic carbocycles. The summed E-state index contributed by atoms with van der Waals surface area (Å²) < 4.78 is 0. The monoisotopic (exact) mass is 404 g/mol. The molecule has 0 spiro atoms. The van der Waals surface area contributed by atoms with E-state index in [1.54, 1.807) is 19.3 Å². The minimum atomic E-state index is -0.0624. The molecule has 2 amide bonds. The molecule has 3 heterocycles. The Balaban J connectivity index is 1.59. The number of amides is 2. The van der Waals surface area contributed by atoms with Gasteiger partial charge in [0.1, 0.15) is 6.33 Å². The summed E-state index contributed by atoms with van der Waals surface area (Å²) in [4.78, 5) is 38.9. The van der Waals surface area contributed by atoms with E-state index in [2.05, 4.69) is 38.8 Å². The molecule has 30 heavy (non-hydrogen) atoms. The SMILES string of the molecule is CC(=O)N1[C@H](Cc2ccccc2)[C@@H]2C[C@@]3(C)[C@H](CCC[C@@H]13)N2C(=O)c1cncnc1. The van der Waals surface area contributed by atoms with E-state index in [1.165, 1.54) is 11.9 Å². The van der Waals surface area contributed by atoms with Crippen molar-refractivity contribution in [3.8, 4) is 0 Å². The Morgan fingerprint density at radius 2 is 1.73 bits per heavy atom. The van der Waals surface area contributed by atoms with Crippen LogP contribution in [0.2, 0.25) is 0 Å². The smallest absolute Gasteiger partial charge is 0.257 e. The van der Waals surface area contributed by atoms with Gasteiger partial charge in [-0.3, -0.25) is 9.59 Å². The third-order valence-electron chi connectivity index (χ3n) is 7.65. The number of likely N-dealkylation sites (tertiary alicyclic amines) is 2. The van der Waals surface area contributed by atoms with Crippen LogP contribution >= 0.6 is 0 Å². The fourth-order valence-electron chi connectivity index (χ4n) is 6.48.